The molecule has 0 aliphatic rings. The van der Waals surface area contributed by atoms with Crippen LogP contribution in [0.2, 0.25) is 0 Å². The summed E-state index contributed by atoms with van der Waals surface area (Å²) in [4.78, 5) is 44.5. The molecule has 0 spiro atoms. The molecule has 0 aromatic carbocycles. The van der Waals surface area contributed by atoms with Crippen LogP contribution in [0.3, 0.4) is 0 Å². The monoisotopic (exact) mass is 319 g/mol. The molecular weight excluding hydrogens is 298 g/mol. The van der Waals surface area contributed by atoms with Crippen molar-refractivity contribution in [3.05, 3.63) is 0 Å². The van der Waals surface area contributed by atoms with Gasteiger partial charge in [0, 0.05) is 38.5 Å². The topological polar surface area (TPSA) is 114 Å². The Bertz CT molecular complexity index is 509. The maximum absolute atomic E-state index is 11.5. The second-order valence-electron chi connectivity index (χ2n) is 4.73. The van der Waals surface area contributed by atoms with Gasteiger partial charge in [-0.1, -0.05) is 6.92 Å². The molecule has 0 heterocycles. The zero-order valence-corrected chi connectivity index (χ0v) is 13.1. The van der Waals surface area contributed by atoms with Gasteiger partial charge in [0.15, 0.2) is 0 Å². The van der Waals surface area contributed by atoms with E-state index in [0.29, 0.717) is 0 Å². The van der Waals surface area contributed by atoms with Crippen LogP contribution in [0.4, 0.5) is 0 Å². The maximum Gasteiger partial charge on any atom is 0.235 e. The molecular formula is C13H21NO6S. The number of amides is 1. The van der Waals surface area contributed by atoms with Crippen molar-refractivity contribution in [1.82, 2.24) is 4.72 Å². The van der Waals surface area contributed by atoms with Crippen molar-refractivity contribution in [2.45, 2.75) is 52.4 Å². The standard InChI is InChI=1S/C13H21NO6S/c1-3-13(18)14-21(19,20)9-8-12(17)7-6-11(16)5-4-10(2)15/h3-9H2,1-2H3,(H,14,18). The van der Waals surface area contributed by atoms with E-state index in [1.54, 1.807) is 0 Å². The molecule has 120 valence electrons. The van der Waals surface area contributed by atoms with Crippen molar-refractivity contribution < 1.29 is 27.6 Å². The highest BCUT2D eigenvalue weighted by Gasteiger charge is 2.16. The minimum Gasteiger partial charge on any atom is -0.300 e. The van der Waals surface area contributed by atoms with E-state index < -0.39 is 21.7 Å². The average Bonchev–Trinajstić information content (AvgIpc) is 2.40. The minimum absolute atomic E-state index is 0.00742. The van der Waals surface area contributed by atoms with Gasteiger partial charge >= 0.3 is 0 Å². The van der Waals surface area contributed by atoms with Gasteiger partial charge in [0.25, 0.3) is 0 Å². The van der Waals surface area contributed by atoms with Crippen LogP contribution in [0.5, 0.6) is 0 Å². The van der Waals surface area contributed by atoms with Crippen molar-refractivity contribution in [3.8, 4) is 0 Å². The van der Waals surface area contributed by atoms with Crippen LogP contribution < -0.4 is 4.72 Å². The number of rotatable bonds is 11. The van der Waals surface area contributed by atoms with Crippen LogP contribution in [0.25, 0.3) is 0 Å². The van der Waals surface area contributed by atoms with Crippen molar-refractivity contribution in [3.63, 3.8) is 0 Å². The summed E-state index contributed by atoms with van der Waals surface area (Å²) in [6, 6.07) is 0. The van der Waals surface area contributed by atoms with Crippen LogP contribution in [-0.2, 0) is 29.2 Å². The SMILES string of the molecule is CCC(=O)NS(=O)(=O)CCC(=O)CCC(=O)CCC(C)=O. The second-order valence-corrected chi connectivity index (χ2v) is 6.57. The molecule has 1 N–H and O–H groups in total. The number of ketones is 3. The van der Waals surface area contributed by atoms with Crippen molar-refractivity contribution >= 4 is 33.3 Å². The van der Waals surface area contributed by atoms with Gasteiger partial charge in [0.2, 0.25) is 15.9 Å². The zero-order valence-electron chi connectivity index (χ0n) is 12.3. The summed E-state index contributed by atoms with van der Waals surface area (Å²) >= 11 is 0. The molecule has 0 aliphatic carbocycles. The van der Waals surface area contributed by atoms with E-state index in [2.05, 4.69) is 0 Å². The van der Waals surface area contributed by atoms with E-state index in [1.807, 2.05) is 4.72 Å². The first-order valence-electron chi connectivity index (χ1n) is 6.72. The molecule has 8 heteroatoms. The number of nitrogens with one attached hydrogen (secondary N) is 1. The lowest BCUT2D eigenvalue weighted by molar-refractivity contribution is -0.125. The fourth-order valence-corrected chi connectivity index (χ4v) is 2.48. The summed E-state index contributed by atoms with van der Waals surface area (Å²) in [7, 11) is -3.80. The van der Waals surface area contributed by atoms with E-state index in [9.17, 15) is 27.6 Å². The summed E-state index contributed by atoms with van der Waals surface area (Å²) in [6.45, 7) is 2.90. The highest BCUT2D eigenvalue weighted by Crippen LogP contribution is 2.03. The van der Waals surface area contributed by atoms with Crippen LogP contribution in [0.1, 0.15) is 52.4 Å². The summed E-state index contributed by atoms with van der Waals surface area (Å²) in [5.74, 6) is -1.74. The molecule has 0 bridgehead atoms. The first kappa shape index (κ1) is 19.4. The largest absolute Gasteiger partial charge is 0.300 e. The molecule has 0 saturated heterocycles. The molecule has 0 aromatic heterocycles. The number of sulfonamides is 1. The highest BCUT2D eigenvalue weighted by molar-refractivity contribution is 7.90. The second kappa shape index (κ2) is 9.38. The number of Topliss-reactive ketones (excluding diaryl/α,β-unsaturated/α-hetero) is 3. The Balaban J connectivity index is 4.02. The van der Waals surface area contributed by atoms with Crippen LogP contribution in [0.15, 0.2) is 0 Å². The molecule has 0 aromatic rings. The summed E-state index contributed by atoms with van der Waals surface area (Å²) in [5, 5.41) is 0. The molecule has 0 unspecified atom stereocenters. The Morgan fingerprint density at radius 1 is 0.857 bits per heavy atom. The minimum atomic E-state index is -3.80. The Labute approximate surface area is 124 Å². The van der Waals surface area contributed by atoms with E-state index >= 15 is 0 Å². The Morgan fingerprint density at radius 3 is 1.81 bits per heavy atom. The lowest BCUT2D eigenvalue weighted by Crippen LogP contribution is -2.32. The predicted molar refractivity (Wildman–Crippen MR) is 76.0 cm³/mol. The van der Waals surface area contributed by atoms with Gasteiger partial charge in [-0.2, -0.15) is 0 Å². The fourth-order valence-electron chi connectivity index (χ4n) is 1.39. The first-order chi connectivity index (χ1) is 9.66. The summed E-state index contributed by atoms with van der Waals surface area (Å²) in [6.07, 6.45) is 0.0174. The van der Waals surface area contributed by atoms with Gasteiger partial charge in [-0.25, -0.2) is 8.42 Å². The first-order valence-corrected chi connectivity index (χ1v) is 8.37. The van der Waals surface area contributed by atoms with Crippen molar-refractivity contribution in [2.24, 2.45) is 0 Å². The number of hydrogen-bond donors (Lipinski definition) is 1. The Morgan fingerprint density at radius 2 is 1.33 bits per heavy atom. The maximum atomic E-state index is 11.5. The molecule has 21 heavy (non-hydrogen) atoms. The van der Waals surface area contributed by atoms with Crippen LogP contribution in [-0.4, -0.2) is 37.4 Å². The van der Waals surface area contributed by atoms with E-state index in [-0.39, 0.29) is 55.9 Å². The van der Waals surface area contributed by atoms with Crippen LogP contribution in [0, 0.1) is 0 Å². The molecule has 0 fully saturated rings. The average molecular weight is 319 g/mol. The summed E-state index contributed by atoms with van der Waals surface area (Å²) < 4.78 is 24.7. The predicted octanol–water partition coefficient (Wildman–Crippen LogP) is 0.520. The molecule has 0 atom stereocenters. The van der Waals surface area contributed by atoms with Crippen LogP contribution >= 0.6 is 0 Å². The van der Waals surface area contributed by atoms with Gasteiger partial charge < -0.3 is 4.79 Å². The lowest BCUT2D eigenvalue weighted by Gasteiger charge is -2.05. The van der Waals surface area contributed by atoms with Gasteiger partial charge in [0.05, 0.1) is 5.75 Å². The highest BCUT2D eigenvalue weighted by atomic mass is 32.2. The fraction of sp³-hybridized carbons (Fsp3) is 0.692. The Hall–Kier alpha value is -1.57. The third kappa shape index (κ3) is 10.8. The quantitative estimate of drug-likeness (QED) is 0.594. The number of hydrogen-bond acceptors (Lipinski definition) is 6. The van der Waals surface area contributed by atoms with Crippen molar-refractivity contribution in [1.29, 1.82) is 0 Å². The van der Waals surface area contributed by atoms with E-state index in [4.69, 9.17) is 0 Å². The van der Waals surface area contributed by atoms with Gasteiger partial charge in [-0.05, 0) is 6.92 Å². The van der Waals surface area contributed by atoms with Gasteiger partial charge in [-0.3, -0.25) is 19.1 Å². The number of carbonyl (C=O) groups is 4. The molecule has 0 radical (unpaired) electrons. The molecule has 1 amide bonds. The Kier molecular flexibility index (Phi) is 8.68. The normalized spacial score (nSPS) is 11.0. The summed E-state index contributed by atoms with van der Waals surface area (Å²) in [5.41, 5.74) is 0. The van der Waals surface area contributed by atoms with Crippen molar-refractivity contribution in [2.75, 3.05) is 5.75 Å². The third-order valence-electron chi connectivity index (χ3n) is 2.68. The van der Waals surface area contributed by atoms with E-state index in [1.165, 1.54) is 13.8 Å². The zero-order chi connectivity index (χ0) is 16.5. The molecule has 0 saturated carbocycles. The smallest absolute Gasteiger partial charge is 0.235 e. The molecule has 0 aliphatic heterocycles. The number of carbonyl (C=O) groups excluding carboxylic acids is 4. The van der Waals surface area contributed by atoms with Gasteiger partial charge in [-0.15, -0.1) is 0 Å². The third-order valence-corrected chi connectivity index (χ3v) is 3.96. The molecule has 7 nitrogen and oxygen atoms in total. The van der Waals surface area contributed by atoms with E-state index in [0.717, 1.165) is 0 Å². The molecule has 0 rings (SSSR count). The van der Waals surface area contributed by atoms with Gasteiger partial charge in [0.1, 0.15) is 17.3 Å². The lowest BCUT2D eigenvalue weighted by atomic mass is 10.1.